The molecule has 0 saturated heterocycles. The average molecular weight is 306 g/mol. The van der Waals surface area contributed by atoms with Gasteiger partial charge in [0.1, 0.15) is 6.33 Å². The monoisotopic (exact) mass is 306 g/mol. The van der Waals surface area contributed by atoms with Gasteiger partial charge in [-0.3, -0.25) is 0 Å². The van der Waals surface area contributed by atoms with Crippen LogP contribution >= 0.6 is 11.8 Å². The van der Waals surface area contributed by atoms with E-state index in [1.807, 2.05) is 25.2 Å². The number of fused-ring (bicyclic) bond motifs is 1. The highest BCUT2D eigenvalue weighted by Gasteiger charge is 2.15. The summed E-state index contributed by atoms with van der Waals surface area (Å²) in [6.45, 7) is 1.37. The van der Waals surface area contributed by atoms with Gasteiger partial charge in [-0.05, 0) is 17.7 Å². The molecule has 1 aromatic carbocycles. The predicted octanol–water partition coefficient (Wildman–Crippen LogP) is 1.77. The zero-order chi connectivity index (χ0) is 14.7. The molecule has 2 aromatic rings. The molecule has 1 aliphatic heterocycles. The van der Waals surface area contributed by atoms with E-state index in [4.69, 9.17) is 15.2 Å². The second-order valence-corrected chi connectivity index (χ2v) is 5.83. The maximum atomic E-state index is 6.26. The van der Waals surface area contributed by atoms with Crippen molar-refractivity contribution in [2.75, 3.05) is 19.0 Å². The first-order valence-electron chi connectivity index (χ1n) is 6.86. The molecule has 21 heavy (non-hydrogen) atoms. The maximum absolute atomic E-state index is 6.26. The lowest BCUT2D eigenvalue weighted by atomic mass is 10.1. The third kappa shape index (κ3) is 3.30. The Morgan fingerprint density at radius 1 is 1.33 bits per heavy atom. The van der Waals surface area contributed by atoms with Crippen molar-refractivity contribution in [3.05, 3.63) is 30.1 Å². The van der Waals surface area contributed by atoms with Crippen LogP contribution in [0.4, 0.5) is 0 Å². The standard InChI is InChI=1S/C14H18N4O2S/c1-18-14(16-9-17-18)21-8-11(15)10-3-4-12-13(7-10)20-6-2-5-19-12/h3-4,7,9,11H,2,5-6,8,15H2,1H3. The molecule has 0 bridgehead atoms. The summed E-state index contributed by atoms with van der Waals surface area (Å²) in [4.78, 5) is 4.18. The Labute approximate surface area is 127 Å². The summed E-state index contributed by atoms with van der Waals surface area (Å²) in [5.41, 5.74) is 7.30. The molecular weight excluding hydrogens is 288 g/mol. The highest BCUT2D eigenvalue weighted by molar-refractivity contribution is 7.99. The fourth-order valence-electron chi connectivity index (χ4n) is 2.09. The molecule has 1 atom stereocenters. The second-order valence-electron chi connectivity index (χ2n) is 4.84. The van der Waals surface area contributed by atoms with Gasteiger partial charge < -0.3 is 15.2 Å². The molecule has 1 unspecified atom stereocenters. The van der Waals surface area contributed by atoms with Crippen molar-refractivity contribution < 1.29 is 9.47 Å². The van der Waals surface area contributed by atoms with E-state index in [1.165, 1.54) is 0 Å². The lowest BCUT2D eigenvalue weighted by Crippen LogP contribution is -2.13. The van der Waals surface area contributed by atoms with Crippen molar-refractivity contribution in [1.29, 1.82) is 0 Å². The van der Waals surface area contributed by atoms with Crippen molar-refractivity contribution >= 4 is 11.8 Å². The molecule has 0 amide bonds. The molecule has 2 heterocycles. The Morgan fingerprint density at radius 3 is 2.90 bits per heavy atom. The Balaban J connectivity index is 1.68. The number of aryl methyl sites for hydroxylation is 1. The van der Waals surface area contributed by atoms with Crippen molar-refractivity contribution in [3.63, 3.8) is 0 Å². The largest absolute Gasteiger partial charge is 0.490 e. The predicted molar refractivity (Wildman–Crippen MR) is 80.7 cm³/mol. The number of aromatic nitrogens is 3. The van der Waals surface area contributed by atoms with E-state index < -0.39 is 0 Å². The van der Waals surface area contributed by atoms with Crippen LogP contribution in [0.3, 0.4) is 0 Å². The van der Waals surface area contributed by atoms with Crippen LogP contribution in [0.15, 0.2) is 29.7 Å². The Kier molecular flexibility index (Phi) is 4.31. The molecule has 1 aromatic heterocycles. The third-order valence-corrected chi connectivity index (χ3v) is 4.42. The van der Waals surface area contributed by atoms with Crippen molar-refractivity contribution in [3.8, 4) is 11.5 Å². The average Bonchev–Trinajstić information content (AvgIpc) is 2.76. The zero-order valence-electron chi connectivity index (χ0n) is 11.9. The fraction of sp³-hybridized carbons (Fsp3) is 0.429. The van der Waals surface area contributed by atoms with E-state index in [2.05, 4.69) is 10.1 Å². The van der Waals surface area contributed by atoms with Gasteiger partial charge >= 0.3 is 0 Å². The smallest absolute Gasteiger partial charge is 0.185 e. The Morgan fingerprint density at radius 2 is 2.14 bits per heavy atom. The molecule has 0 fully saturated rings. The van der Waals surface area contributed by atoms with E-state index >= 15 is 0 Å². The van der Waals surface area contributed by atoms with E-state index in [-0.39, 0.29) is 6.04 Å². The van der Waals surface area contributed by atoms with Crippen LogP contribution < -0.4 is 15.2 Å². The molecule has 1 aliphatic rings. The Hall–Kier alpha value is -1.73. The molecule has 3 rings (SSSR count). The first-order chi connectivity index (χ1) is 10.2. The van der Waals surface area contributed by atoms with Gasteiger partial charge in [0.05, 0.1) is 13.2 Å². The van der Waals surface area contributed by atoms with Crippen molar-refractivity contribution in [2.24, 2.45) is 12.8 Å². The van der Waals surface area contributed by atoms with Gasteiger partial charge in [0.15, 0.2) is 16.7 Å². The quantitative estimate of drug-likeness (QED) is 0.868. The summed E-state index contributed by atoms with van der Waals surface area (Å²) in [6.07, 6.45) is 2.44. The highest BCUT2D eigenvalue weighted by atomic mass is 32.2. The van der Waals surface area contributed by atoms with Gasteiger partial charge in [-0.25, -0.2) is 9.67 Å². The number of thioether (sulfide) groups is 1. The summed E-state index contributed by atoms with van der Waals surface area (Å²) in [5.74, 6) is 2.31. The van der Waals surface area contributed by atoms with Crippen molar-refractivity contribution in [2.45, 2.75) is 17.6 Å². The fourth-order valence-corrected chi connectivity index (χ4v) is 2.96. The molecule has 112 valence electrons. The van der Waals surface area contributed by atoms with Crippen molar-refractivity contribution in [1.82, 2.24) is 14.8 Å². The van der Waals surface area contributed by atoms with E-state index in [0.29, 0.717) is 13.2 Å². The third-order valence-electron chi connectivity index (χ3n) is 3.26. The highest BCUT2D eigenvalue weighted by Crippen LogP contribution is 2.32. The summed E-state index contributed by atoms with van der Waals surface area (Å²) >= 11 is 1.59. The van der Waals surface area contributed by atoms with Gasteiger partial charge in [-0.15, -0.1) is 0 Å². The molecule has 6 nitrogen and oxygen atoms in total. The van der Waals surface area contributed by atoms with E-state index in [1.54, 1.807) is 22.8 Å². The van der Waals surface area contributed by atoms with Crippen LogP contribution in [0, 0.1) is 0 Å². The van der Waals surface area contributed by atoms with Crippen LogP contribution in [-0.4, -0.2) is 33.7 Å². The molecule has 2 N–H and O–H groups in total. The lowest BCUT2D eigenvalue weighted by molar-refractivity contribution is 0.297. The number of hydrogen-bond acceptors (Lipinski definition) is 6. The number of nitrogens with zero attached hydrogens (tertiary/aromatic N) is 3. The second kappa shape index (κ2) is 6.36. The molecule has 7 heteroatoms. The zero-order valence-corrected chi connectivity index (χ0v) is 12.7. The van der Waals surface area contributed by atoms with E-state index in [0.717, 1.165) is 34.4 Å². The van der Waals surface area contributed by atoms with Gasteiger partial charge in [0, 0.05) is 25.3 Å². The van der Waals surface area contributed by atoms with Gasteiger partial charge in [-0.2, -0.15) is 5.10 Å². The van der Waals surface area contributed by atoms with Gasteiger partial charge in [0.2, 0.25) is 0 Å². The SMILES string of the molecule is Cn1ncnc1SCC(N)c1ccc2c(c1)OCCCO2. The minimum absolute atomic E-state index is 0.0937. The van der Waals surface area contributed by atoms with Gasteiger partial charge in [0.25, 0.3) is 0 Å². The topological polar surface area (TPSA) is 75.2 Å². The number of benzene rings is 1. The van der Waals surface area contributed by atoms with E-state index in [9.17, 15) is 0 Å². The van der Waals surface area contributed by atoms with Gasteiger partial charge in [-0.1, -0.05) is 17.8 Å². The molecule has 0 radical (unpaired) electrons. The normalized spacial score (nSPS) is 15.5. The molecular formula is C14H18N4O2S. The van der Waals surface area contributed by atoms with Crippen LogP contribution in [0.1, 0.15) is 18.0 Å². The lowest BCUT2D eigenvalue weighted by Gasteiger charge is -2.14. The minimum Gasteiger partial charge on any atom is -0.490 e. The number of hydrogen-bond donors (Lipinski definition) is 1. The van der Waals surface area contributed by atoms with Crippen LogP contribution in [0.2, 0.25) is 0 Å². The summed E-state index contributed by atoms with van der Waals surface area (Å²) < 4.78 is 13.1. The minimum atomic E-state index is -0.0937. The maximum Gasteiger partial charge on any atom is 0.185 e. The summed E-state index contributed by atoms with van der Waals surface area (Å²) in [5, 5.41) is 4.90. The van der Waals surface area contributed by atoms with Crippen LogP contribution in [-0.2, 0) is 7.05 Å². The number of ether oxygens (including phenoxy) is 2. The van der Waals surface area contributed by atoms with Crippen LogP contribution in [0.25, 0.3) is 0 Å². The molecule has 0 aliphatic carbocycles. The number of rotatable bonds is 4. The first-order valence-corrected chi connectivity index (χ1v) is 7.84. The summed E-state index contributed by atoms with van der Waals surface area (Å²) in [6, 6.07) is 5.81. The molecule has 0 spiro atoms. The first kappa shape index (κ1) is 14.2. The number of nitrogens with two attached hydrogens (primary N) is 1. The summed E-state index contributed by atoms with van der Waals surface area (Å²) in [7, 11) is 1.87. The Bertz CT molecular complexity index is 617. The van der Waals surface area contributed by atoms with Crippen LogP contribution in [0.5, 0.6) is 11.5 Å². The molecule has 0 saturated carbocycles.